The molecule has 0 N–H and O–H groups in total. The minimum absolute atomic E-state index is 0.393. The lowest BCUT2D eigenvalue weighted by atomic mass is 10.1. The largest absolute Gasteiger partial charge is 0.298 e. The summed E-state index contributed by atoms with van der Waals surface area (Å²) in [5.41, 5.74) is 1.82. The Morgan fingerprint density at radius 2 is 1.71 bits per heavy atom. The van der Waals surface area contributed by atoms with E-state index in [9.17, 15) is 4.79 Å². The standard InChI is InChI=1S/C12H6Cl3NO/c13-9-4-11(15)10(14)3-8(9)12-2-1-7(6-17)5-16-12/h1-6H. The molecule has 0 aliphatic rings. The zero-order chi connectivity index (χ0) is 12.4. The predicted octanol–water partition coefficient (Wildman–Crippen LogP) is 4.52. The Hall–Kier alpha value is -1.09. The molecule has 0 spiro atoms. The van der Waals surface area contributed by atoms with Crippen molar-refractivity contribution in [1.82, 2.24) is 4.98 Å². The van der Waals surface area contributed by atoms with E-state index in [0.29, 0.717) is 31.9 Å². The van der Waals surface area contributed by atoms with E-state index in [-0.39, 0.29) is 0 Å². The van der Waals surface area contributed by atoms with Gasteiger partial charge in [0.25, 0.3) is 0 Å². The van der Waals surface area contributed by atoms with E-state index < -0.39 is 0 Å². The van der Waals surface area contributed by atoms with Gasteiger partial charge in [0.15, 0.2) is 6.29 Å². The highest BCUT2D eigenvalue weighted by molar-refractivity contribution is 6.44. The first-order chi connectivity index (χ1) is 8.11. The van der Waals surface area contributed by atoms with Crippen molar-refractivity contribution in [3.8, 4) is 11.3 Å². The number of benzene rings is 1. The molecule has 2 aromatic rings. The number of hydrogen-bond donors (Lipinski definition) is 0. The Kier molecular flexibility index (Phi) is 3.67. The van der Waals surface area contributed by atoms with Gasteiger partial charge in [-0.2, -0.15) is 0 Å². The highest BCUT2D eigenvalue weighted by atomic mass is 35.5. The van der Waals surface area contributed by atoms with Crippen LogP contribution in [0.15, 0.2) is 30.5 Å². The van der Waals surface area contributed by atoms with E-state index in [4.69, 9.17) is 34.8 Å². The van der Waals surface area contributed by atoms with Gasteiger partial charge in [-0.05, 0) is 24.3 Å². The molecule has 0 amide bonds. The molecule has 0 fully saturated rings. The lowest BCUT2D eigenvalue weighted by Gasteiger charge is -2.05. The summed E-state index contributed by atoms with van der Waals surface area (Å²) < 4.78 is 0. The SMILES string of the molecule is O=Cc1ccc(-c2cc(Cl)c(Cl)cc2Cl)nc1. The number of halogens is 3. The zero-order valence-corrected chi connectivity index (χ0v) is 10.7. The molecule has 0 bridgehead atoms. The van der Waals surface area contributed by atoms with E-state index in [0.717, 1.165) is 6.29 Å². The second kappa shape index (κ2) is 5.05. The maximum absolute atomic E-state index is 10.5. The van der Waals surface area contributed by atoms with Gasteiger partial charge < -0.3 is 0 Å². The number of aldehydes is 1. The molecular formula is C12H6Cl3NO. The maximum Gasteiger partial charge on any atom is 0.151 e. The number of nitrogens with zero attached hydrogens (tertiary/aromatic N) is 1. The first-order valence-corrected chi connectivity index (χ1v) is 5.81. The Morgan fingerprint density at radius 3 is 2.29 bits per heavy atom. The van der Waals surface area contributed by atoms with E-state index in [1.807, 2.05) is 0 Å². The molecule has 0 aliphatic carbocycles. The zero-order valence-electron chi connectivity index (χ0n) is 8.45. The average Bonchev–Trinajstić information content (AvgIpc) is 2.34. The number of pyridine rings is 1. The molecule has 86 valence electrons. The van der Waals surface area contributed by atoms with Gasteiger partial charge in [0.1, 0.15) is 0 Å². The van der Waals surface area contributed by atoms with Crippen molar-refractivity contribution in [1.29, 1.82) is 0 Å². The van der Waals surface area contributed by atoms with Crippen LogP contribution in [0.2, 0.25) is 15.1 Å². The number of carbonyl (C=O) groups is 1. The van der Waals surface area contributed by atoms with Crippen LogP contribution in [0.4, 0.5) is 0 Å². The molecule has 17 heavy (non-hydrogen) atoms. The van der Waals surface area contributed by atoms with Gasteiger partial charge in [-0.25, -0.2) is 0 Å². The highest BCUT2D eigenvalue weighted by Crippen LogP contribution is 2.34. The number of rotatable bonds is 2. The molecule has 0 saturated carbocycles. The van der Waals surface area contributed by atoms with Crippen molar-refractivity contribution < 1.29 is 4.79 Å². The Balaban J connectivity index is 2.52. The number of hydrogen-bond acceptors (Lipinski definition) is 2. The molecule has 0 radical (unpaired) electrons. The summed E-state index contributed by atoms with van der Waals surface area (Å²) in [6.45, 7) is 0. The quantitative estimate of drug-likeness (QED) is 0.600. The van der Waals surface area contributed by atoms with Crippen molar-refractivity contribution in [2.24, 2.45) is 0 Å². The van der Waals surface area contributed by atoms with Gasteiger partial charge in [-0.15, -0.1) is 0 Å². The van der Waals surface area contributed by atoms with Gasteiger partial charge in [-0.1, -0.05) is 34.8 Å². The molecule has 5 heteroatoms. The Labute approximate surface area is 113 Å². The summed E-state index contributed by atoms with van der Waals surface area (Å²) in [4.78, 5) is 14.6. The van der Waals surface area contributed by atoms with Crippen molar-refractivity contribution >= 4 is 41.1 Å². The summed E-state index contributed by atoms with van der Waals surface area (Å²) in [5, 5.41) is 1.27. The average molecular weight is 287 g/mol. The van der Waals surface area contributed by atoms with Crippen molar-refractivity contribution in [2.45, 2.75) is 0 Å². The van der Waals surface area contributed by atoms with Crippen LogP contribution in [0.3, 0.4) is 0 Å². The number of carbonyl (C=O) groups excluding carboxylic acids is 1. The van der Waals surface area contributed by atoms with E-state index in [2.05, 4.69) is 4.98 Å². The molecule has 0 unspecified atom stereocenters. The van der Waals surface area contributed by atoms with Gasteiger partial charge in [-0.3, -0.25) is 9.78 Å². The fraction of sp³-hybridized carbons (Fsp3) is 0. The highest BCUT2D eigenvalue weighted by Gasteiger charge is 2.09. The van der Waals surface area contributed by atoms with E-state index >= 15 is 0 Å². The Morgan fingerprint density at radius 1 is 1.00 bits per heavy atom. The summed E-state index contributed by atoms with van der Waals surface area (Å²) in [5.74, 6) is 0. The minimum Gasteiger partial charge on any atom is -0.298 e. The third-order valence-corrected chi connectivity index (χ3v) is 3.24. The minimum atomic E-state index is 0.393. The van der Waals surface area contributed by atoms with Crippen LogP contribution in [0, 0.1) is 0 Å². The predicted molar refractivity (Wildman–Crippen MR) is 70.1 cm³/mol. The topological polar surface area (TPSA) is 30.0 Å². The monoisotopic (exact) mass is 285 g/mol. The van der Waals surface area contributed by atoms with Crippen LogP contribution in [0.1, 0.15) is 10.4 Å². The summed E-state index contributed by atoms with van der Waals surface area (Å²) >= 11 is 17.8. The van der Waals surface area contributed by atoms with Crippen molar-refractivity contribution in [3.05, 3.63) is 51.1 Å². The normalized spacial score (nSPS) is 10.3. The van der Waals surface area contributed by atoms with E-state index in [1.54, 1.807) is 24.3 Å². The van der Waals surface area contributed by atoms with Crippen LogP contribution >= 0.6 is 34.8 Å². The molecule has 2 nitrogen and oxygen atoms in total. The first kappa shape index (κ1) is 12.4. The van der Waals surface area contributed by atoms with Crippen molar-refractivity contribution in [2.75, 3.05) is 0 Å². The molecule has 1 aromatic carbocycles. The fourth-order valence-corrected chi connectivity index (χ4v) is 2.00. The molecule has 0 atom stereocenters. The molecule has 1 heterocycles. The molecule has 1 aromatic heterocycles. The maximum atomic E-state index is 10.5. The lowest BCUT2D eigenvalue weighted by molar-refractivity contribution is 0.112. The third kappa shape index (κ3) is 2.60. The van der Waals surface area contributed by atoms with Gasteiger partial charge in [0.2, 0.25) is 0 Å². The first-order valence-electron chi connectivity index (χ1n) is 4.68. The molecule has 0 saturated heterocycles. The fourth-order valence-electron chi connectivity index (χ4n) is 1.35. The van der Waals surface area contributed by atoms with Gasteiger partial charge in [0, 0.05) is 17.3 Å². The van der Waals surface area contributed by atoms with E-state index in [1.165, 1.54) is 6.20 Å². The van der Waals surface area contributed by atoms with Crippen LogP contribution in [-0.2, 0) is 0 Å². The second-order valence-electron chi connectivity index (χ2n) is 3.34. The molecule has 0 aliphatic heterocycles. The molecule has 2 rings (SSSR count). The summed E-state index contributed by atoms with van der Waals surface area (Å²) in [6.07, 6.45) is 2.20. The smallest absolute Gasteiger partial charge is 0.151 e. The molecular weight excluding hydrogens is 280 g/mol. The van der Waals surface area contributed by atoms with Crippen LogP contribution in [0.5, 0.6) is 0 Å². The van der Waals surface area contributed by atoms with Crippen LogP contribution in [0.25, 0.3) is 11.3 Å². The third-order valence-electron chi connectivity index (χ3n) is 2.21. The second-order valence-corrected chi connectivity index (χ2v) is 4.56. The van der Waals surface area contributed by atoms with Gasteiger partial charge >= 0.3 is 0 Å². The Bertz CT molecular complexity index is 567. The number of aromatic nitrogens is 1. The van der Waals surface area contributed by atoms with Gasteiger partial charge in [0.05, 0.1) is 20.8 Å². The van der Waals surface area contributed by atoms with Crippen LogP contribution in [-0.4, -0.2) is 11.3 Å². The summed E-state index contributed by atoms with van der Waals surface area (Å²) in [7, 11) is 0. The summed E-state index contributed by atoms with van der Waals surface area (Å²) in [6, 6.07) is 6.58. The van der Waals surface area contributed by atoms with Crippen molar-refractivity contribution in [3.63, 3.8) is 0 Å². The lowest BCUT2D eigenvalue weighted by Crippen LogP contribution is -1.88. The van der Waals surface area contributed by atoms with Crippen LogP contribution < -0.4 is 0 Å².